The molecule has 0 saturated heterocycles. The maximum atomic E-state index is 11.6. The molecule has 0 saturated carbocycles. The molecule has 20 heavy (non-hydrogen) atoms. The van der Waals surface area contributed by atoms with Crippen molar-refractivity contribution < 1.29 is 9.53 Å². The van der Waals surface area contributed by atoms with Gasteiger partial charge in [-0.05, 0) is 44.0 Å². The molecule has 0 atom stereocenters. The number of nitrogens with zero attached hydrogens (tertiary/aromatic N) is 2. The van der Waals surface area contributed by atoms with Gasteiger partial charge in [-0.25, -0.2) is 0 Å². The molecule has 0 bridgehead atoms. The smallest absolute Gasteiger partial charge is 0.163 e. The van der Waals surface area contributed by atoms with Crippen molar-refractivity contribution in [1.29, 1.82) is 0 Å². The molecule has 1 heterocycles. The summed E-state index contributed by atoms with van der Waals surface area (Å²) in [5, 5.41) is 4.39. The molecule has 2 rings (SSSR count). The van der Waals surface area contributed by atoms with Crippen LogP contribution in [0.2, 0.25) is 0 Å². The molecule has 0 unspecified atom stereocenters. The first kappa shape index (κ1) is 14.3. The number of Topliss-reactive ketones (excluding diaryl/α,β-unsaturated/α-hetero) is 1. The molecule has 1 aromatic carbocycles. The second-order valence-corrected chi connectivity index (χ2v) is 4.95. The van der Waals surface area contributed by atoms with Crippen molar-refractivity contribution in [2.24, 2.45) is 7.05 Å². The molecule has 0 radical (unpaired) electrons. The first-order chi connectivity index (χ1) is 9.51. The molecule has 0 aliphatic carbocycles. The van der Waals surface area contributed by atoms with Gasteiger partial charge in [0.2, 0.25) is 0 Å². The van der Waals surface area contributed by atoms with Crippen LogP contribution in [0.25, 0.3) is 0 Å². The minimum atomic E-state index is 0.0132. The van der Waals surface area contributed by atoms with Crippen molar-refractivity contribution in [3.63, 3.8) is 0 Å². The molecular weight excluding hydrogens is 252 g/mol. The molecular formula is C16H20N2O2. The number of hydrogen-bond acceptors (Lipinski definition) is 3. The van der Waals surface area contributed by atoms with E-state index in [0.717, 1.165) is 23.4 Å². The summed E-state index contributed by atoms with van der Waals surface area (Å²) >= 11 is 0. The van der Waals surface area contributed by atoms with Crippen molar-refractivity contribution in [3.05, 3.63) is 46.8 Å². The summed E-state index contributed by atoms with van der Waals surface area (Å²) < 4.78 is 7.64. The molecule has 0 fully saturated rings. The zero-order valence-corrected chi connectivity index (χ0v) is 12.4. The fraction of sp³-hybridized carbons (Fsp3) is 0.375. The Morgan fingerprint density at radius 2 is 2.10 bits per heavy atom. The maximum Gasteiger partial charge on any atom is 0.163 e. The number of benzene rings is 1. The molecule has 0 aliphatic heterocycles. The van der Waals surface area contributed by atoms with Crippen LogP contribution in [0.4, 0.5) is 0 Å². The number of carbonyl (C=O) groups is 1. The first-order valence-electron chi connectivity index (χ1n) is 6.77. The Bertz CT molecular complexity index is 629. The van der Waals surface area contributed by atoms with Gasteiger partial charge in [0, 0.05) is 7.05 Å². The third kappa shape index (κ3) is 3.07. The number of rotatable bonds is 5. The highest BCUT2D eigenvalue weighted by Gasteiger charge is 2.10. The predicted octanol–water partition coefficient (Wildman–Crippen LogP) is 3.07. The van der Waals surface area contributed by atoms with Gasteiger partial charge < -0.3 is 4.74 Å². The Balaban J connectivity index is 2.19. The lowest BCUT2D eigenvalue weighted by atomic mass is 10.1. The summed E-state index contributed by atoms with van der Waals surface area (Å²) in [4.78, 5) is 11.6. The SMILES string of the molecule is CCc1cc(COc2cc(C)ccc2C(C)=O)n(C)n1. The largest absolute Gasteiger partial charge is 0.487 e. The van der Waals surface area contributed by atoms with Crippen LogP contribution < -0.4 is 4.74 Å². The predicted molar refractivity (Wildman–Crippen MR) is 78.1 cm³/mol. The Labute approximate surface area is 119 Å². The highest BCUT2D eigenvalue weighted by atomic mass is 16.5. The van der Waals surface area contributed by atoms with Crippen LogP contribution in [-0.4, -0.2) is 15.6 Å². The number of aryl methyl sites for hydroxylation is 3. The van der Waals surface area contributed by atoms with Crippen molar-refractivity contribution in [3.8, 4) is 5.75 Å². The molecule has 0 N–H and O–H groups in total. The molecule has 4 heteroatoms. The number of ketones is 1. The van der Waals surface area contributed by atoms with Gasteiger partial charge in [-0.15, -0.1) is 0 Å². The molecule has 1 aromatic heterocycles. The van der Waals surface area contributed by atoms with Crippen LogP contribution >= 0.6 is 0 Å². The minimum Gasteiger partial charge on any atom is -0.487 e. The van der Waals surface area contributed by atoms with Crippen LogP contribution in [0, 0.1) is 6.92 Å². The van der Waals surface area contributed by atoms with Gasteiger partial charge in [-0.3, -0.25) is 9.48 Å². The zero-order chi connectivity index (χ0) is 14.7. The van der Waals surface area contributed by atoms with Crippen LogP contribution in [0.15, 0.2) is 24.3 Å². The van der Waals surface area contributed by atoms with Gasteiger partial charge in [-0.2, -0.15) is 5.10 Å². The van der Waals surface area contributed by atoms with E-state index in [1.165, 1.54) is 0 Å². The first-order valence-corrected chi connectivity index (χ1v) is 6.77. The number of carbonyl (C=O) groups excluding carboxylic acids is 1. The zero-order valence-electron chi connectivity index (χ0n) is 12.4. The Morgan fingerprint density at radius 1 is 1.35 bits per heavy atom. The second kappa shape index (κ2) is 5.90. The lowest BCUT2D eigenvalue weighted by Crippen LogP contribution is -2.06. The summed E-state index contributed by atoms with van der Waals surface area (Å²) in [7, 11) is 1.90. The summed E-state index contributed by atoms with van der Waals surface area (Å²) in [5.41, 5.74) is 3.73. The lowest BCUT2D eigenvalue weighted by Gasteiger charge is -2.10. The average Bonchev–Trinajstić information content (AvgIpc) is 2.76. The van der Waals surface area contributed by atoms with Crippen molar-refractivity contribution in [1.82, 2.24) is 9.78 Å². The van der Waals surface area contributed by atoms with E-state index in [1.54, 1.807) is 6.92 Å². The Hall–Kier alpha value is -2.10. The van der Waals surface area contributed by atoms with Crippen molar-refractivity contribution in [2.45, 2.75) is 33.8 Å². The normalized spacial score (nSPS) is 10.6. The lowest BCUT2D eigenvalue weighted by molar-refractivity contribution is 0.101. The molecule has 2 aromatic rings. The van der Waals surface area contributed by atoms with E-state index in [1.807, 2.05) is 42.9 Å². The third-order valence-electron chi connectivity index (χ3n) is 3.28. The van der Waals surface area contributed by atoms with E-state index in [0.29, 0.717) is 17.9 Å². The monoisotopic (exact) mass is 272 g/mol. The fourth-order valence-electron chi connectivity index (χ4n) is 2.07. The summed E-state index contributed by atoms with van der Waals surface area (Å²) in [5.74, 6) is 0.649. The van der Waals surface area contributed by atoms with E-state index in [9.17, 15) is 4.79 Å². The van der Waals surface area contributed by atoms with E-state index in [4.69, 9.17) is 4.74 Å². The van der Waals surface area contributed by atoms with E-state index in [-0.39, 0.29) is 5.78 Å². The molecule has 0 amide bonds. The fourth-order valence-corrected chi connectivity index (χ4v) is 2.07. The summed E-state index contributed by atoms with van der Waals surface area (Å²) in [6.07, 6.45) is 0.900. The molecule has 106 valence electrons. The minimum absolute atomic E-state index is 0.0132. The summed E-state index contributed by atoms with van der Waals surface area (Å²) in [6.45, 7) is 6.02. The second-order valence-electron chi connectivity index (χ2n) is 4.95. The number of ether oxygens (including phenoxy) is 1. The Morgan fingerprint density at radius 3 is 2.70 bits per heavy atom. The quantitative estimate of drug-likeness (QED) is 0.786. The average molecular weight is 272 g/mol. The standard InChI is InChI=1S/C16H20N2O2/c1-5-13-9-14(18(4)17-13)10-20-16-8-11(2)6-7-15(16)12(3)19/h6-9H,5,10H2,1-4H3. The van der Waals surface area contributed by atoms with Gasteiger partial charge in [-0.1, -0.05) is 13.0 Å². The van der Waals surface area contributed by atoms with Gasteiger partial charge in [0.25, 0.3) is 0 Å². The highest BCUT2D eigenvalue weighted by molar-refractivity contribution is 5.96. The maximum absolute atomic E-state index is 11.6. The van der Waals surface area contributed by atoms with Crippen LogP contribution in [0.3, 0.4) is 0 Å². The topological polar surface area (TPSA) is 44.1 Å². The van der Waals surface area contributed by atoms with E-state index >= 15 is 0 Å². The van der Waals surface area contributed by atoms with Gasteiger partial charge in [0.05, 0.1) is 17.0 Å². The molecule has 0 spiro atoms. The molecule has 0 aliphatic rings. The van der Waals surface area contributed by atoms with E-state index < -0.39 is 0 Å². The van der Waals surface area contributed by atoms with Crippen molar-refractivity contribution >= 4 is 5.78 Å². The van der Waals surface area contributed by atoms with Gasteiger partial charge in [0.1, 0.15) is 12.4 Å². The van der Waals surface area contributed by atoms with Crippen molar-refractivity contribution in [2.75, 3.05) is 0 Å². The highest BCUT2D eigenvalue weighted by Crippen LogP contribution is 2.22. The van der Waals surface area contributed by atoms with Crippen LogP contribution in [0.1, 0.15) is 41.2 Å². The number of hydrogen-bond donors (Lipinski definition) is 0. The van der Waals surface area contributed by atoms with Crippen LogP contribution in [-0.2, 0) is 20.1 Å². The number of aromatic nitrogens is 2. The van der Waals surface area contributed by atoms with E-state index in [2.05, 4.69) is 12.0 Å². The Kier molecular flexibility index (Phi) is 4.23. The molecule has 4 nitrogen and oxygen atoms in total. The van der Waals surface area contributed by atoms with Crippen LogP contribution in [0.5, 0.6) is 5.75 Å². The van der Waals surface area contributed by atoms with Gasteiger partial charge in [0.15, 0.2) is 5.78 Å². The third-order valence-corrected chi connectivity index (χ3v) is 3.28. The summed E-state index contributed by atoms with van der Waals surface area (Å²) in [6, 6.07) is 7.66. The van der Waals surface area contributed by atoms with Gasteiger partial charge >= 0.3 is 0 Å².